The molecule has 15 heteroatoms. The van der Waals surface area contributed by atoms with Crippen LogP contribution in [0.4, 0.5) is 13.2 Å². The quantitative estimate of drug-likeness (QED) is 0.300. The Hall–Kier alpha value is -2.91. The van der Waals surface area contributed by atoms with E-state index in [1.165, 1.54) is 30.2 Å². The van der Waals surface area contributed by atoms with Crippen LogP contribution in [0.25, 0.3) is 0 Å². The molecule has 2 atom stereocenters. The van der Waals surface area contributed by atoms with Crippen molar-refractivity contribution in [3.63, 3.8) is 0 Å². The number of hydrogen-bond acceptors (Lipinski definition) is 9. The number of amides is 2. The van der Waals surface area contributed by atoms with Crippen LogP contribution in [0.1, 0.15) is 38.8 Å². The van der Waals surface area contributed by atoms with Crippen molar-refractivity contribution in [1.29, 1.82) is 0 Å². The van der Waals surface area contributed by atoms with E-state index in [0.717, 1.165) is 9.56 Å². The van der Waals surface area contributed by atoms with Crippen LogP contribution >= 0.6 is 34.7 Å². The second-order valence-corrected chi connectivity index (χ2v) is 13.2. The van der Waals surface area contributed by atoms with Crippen LogP contribution in [0.3, 0.4) is 0 Å². The lowest BCUT2D eigenvalue weighted by molar-refractivity contribution is -0.200. The molecular weight excluding hydrogens is 641 g/mol. The van der Waals surface area contributed by atoms with E-state index in [0.29, 0.717) is 51.9 Å². The summed E-state index contributed by atoms with van der Waals surface area (Å²) in [7, 11) is 1.41. The van der Waals surface area contributed by atoms with Crippen molar-refractivity contribution >= 4 is 52.4 Å². The molecule has 2 fully saturated rings. The Labute approximate surface area is 265 Å². The highest BCUT2D eigenvalue weighted by Crippen LogP contribution is 2.46. The lowest BCUT2D eigenvalue weighted by Crippen LogP contribution is -2.55. The normalized spacial score (nSPS) is 19.8. The number of thiophene rings is 1. The van der Waals surface area contributed by atoms with Gasteiger partial charge in [0.15, 0.2) is 0 Å². The second-order valence-electron chi connectivity index (χ2n) is 10.4. The van der Waals surface area contributed by atoms with Gasteiger partial charge in [-0.25, -0.2) is 0 Å². The standard InChI is InChI=1S/C29H30ClF3N4O5S2/c1-17-25(20-9-10-36(27(40)24(20)29(31,32)33)23(38)15-35-11-13-42-14-12-35)34-37(26(39)19-5-3-4-6-21(19)41-2)28(17)43-16-18-7-8-22(30)44-18/h3-8,20,24H,9-16H2,1-2H3. The molecule has 0 spiro atoms. The second kappa shape index (κ2) is 13.6. The average molecular weight is 671 g/mol. The van der Waals surface area contributed by atoms with Crippen molar-refractivity contribution in [3.05, 3.63) is 62.4 Å². The fourth-order valence-electron chi connectivity index (χ4n) is 5.49. The van der Waals surface area contributed by atoms with E-state index in [2.05, 4.69) is 5.10 Å². The predicted octanol–water partition coefficient (Wildman–Crippen LogP) is 5.25. The fraction of sp³-hybridized carbons (Fsp3) is 0.448. The van der Waals surface area contributed by atoms with Crippen LogP contribution in [0.2, 0.25) is 4.34 Å². The zero-order valence-corrected chi connectivity index (χ0v) is 26.3. The molecule has 2 unspecified atom stereocenters. The van der Waals surface area contributed by atoms with Gasteiger partial charge in [-0.2, -0.15) is 23.0 Å². The number of ether oxygens (including phenoxy) is 2. The first-order valence-electron chi connectivity index (χ1n) is 13.8. The lowest BCUT2D eigenvalue weighted by Gasteiger charge is -2.38. The third kappa shape index (κ3) is 6.84. The molecule has 0 saturated carbocycles. The van der Waals surface area contributed by atoms with Gasteiger partial charge in [-0.05, 0) is 37.6 Å². The largest absolute Gasteiger partial charge is 0.496 e. The molecule has 3 aromatic rings. The van der Waals surface area contributed by atoms with Crippen LogP contribution in [0.5, 0.6) is 5.75 Å². The number of thioether (sulfide) groups is 1. The number of para-hydroxylation sites is 1. The molecular formula is C29H30ClF3N4O5S2. The summed E-state index contributed by atoms with van der Waals surface area (Å²) in [6.07, 6.45) is -5.11. The van der Waals surface area contributed by atoms with E-state index >= 15 is 0 Å². The lowest BCUT2D eigenvalue weighted by atomic mass is 9.80. The molecule has 5 rings (SSSR count). The number of halogens is 4. The van der Waals surface area contributed by atoms with Crippen molar-refractivity contribution in [2.75, 3.05) is 46.5 Å². The summed E-state index contributed by atoms with van der Waals surface area (Å²) in [4.78, 5) is 43.6. The number of benzene rings is 1. The van der Waals surface area contributed by atoms with Gasteiger partial charge in [0.25, 0.3) is 5.91 Å². The van der Waals surface area contributed by atoms with Crippen molar-refractivity contribution in [1.82, 2.24) is 19.6 Å². The van der Waals surface area contributed by atoms with Crippen LogP contribution in [0.15, 0.2) is 41.4 Å². The maximum Gasteiger partial charge on any atom is 0.401 e. The minimum absolute atomic E-state index is 0.00378. The summed E-state index contributed by atoms with van der Waals surface area (Å²) in [5.74, 6) is -5.79. The van der Waals surface area contributed by atoms with E-state index in [9.17, 15) is 27.6 Å². The summed E-state index contributed by atoms with van der Waals surface area (Å²) < 4.78 is 56.2. The maximum absolute atomic E-state index is 14.6. The van der Waals surface area contributed by atoms with Gasteiger partial charge in [0.2, 0.25) is 11.8 Å². The number of imide groups is 1. The van der Waals surface area contributed by atoms with Crippen LogP contribution in [-0.2, 0) is 20.1 Å². The SMILES string of the molecule is COc1ccccc1C(=O)n1nc(C2CCN(C(=O)CN3CCOCC3)C(=O)C2C(F)(F)F)c(C)c1SCc1ccc(Cl)s1. The molecule has 9 nitrogen and oxygen atoms in total. The van der Waals surface area contributed by atoms with Crippen LogP contribution in [-0.4, -0.2) is 90.0 Å². The number of hydrogen-bond donors (Lipinski definition) is 0. The van der Waals surface area contributed by atoms with Gasteiger partial charge in [0.1, 0.15) is 16.7 Å². The van der Waals surface area contributed by atoms with E-state index in [-0.39, 0.29) is 36.5 Å². The van der Waals surface area contributed by atoms with Gasteiger partial charge in [0, 0.05) is 41.7 Å². The van der Waals surface area contributed by atoms with E-state index in [1.807, 2.05) is 6.07 Å². The number of morpholine rings is 1. The number of likely N-dealkylation sites (tertiary alicyclic amines) is 1. The Morgan fingerprint density at radius 1 is 1.16 bits per heavy atom. The van der Waals surface area contributed by atoms with Gasteiger partial charge in [-0.3, -0.25) is 24.2 Å². The van der Waals surface area contributed by atoms with Crippen LogP contribution in [0, 0.1) is 12.8 Å². The highest BCUT2D eigenvalue weighted by atomic mass is 35.5. The summed E-state index contributed by atoms with van der Waals surface area (Å²) in [5.41, 5.74) is 0.536. The van der Waals surface area contributed by atoms with Crippen LogP contribution < -0.4 is 4.74 Å². The average Bonchev–Trinajstić information content (AvgIpc) is 3.57. The van der Waals surface area contributed by atoms with E-state index in [1.54, 1.807) is 42.2 Å². The molecule has 2 aliphatic heterocycles. The molecule has 1 aromatic carbocycles. The molecule has 2 aromatic heterocycles. The van der Waals surface area contributed by atoms with Crippen molar-refractivity contribution < 1.29 is 37.0 Å². The summed E-state index contributed by atoms with van der Waals surface area (Å²) in [6.45, 7) is 2.96. The third-order valence-electron chi connectivity index (χ3n) is 7.68. The molecule has 0 radical (unpaired) electrons. The zero-order valence-electron chi connectivity index (χ0n) is 23.9. The number of nitrogens with zero attached hydrogens (tertiary/aromatic N) is 4. The first-order chi connectivity index (χ1) is 21.0. The molecule has 44 heavy (non-hydrogen) atoms. The number of aromatic nitrogens is 2. The van der Waals surface area contributed by atoms with E-state index in [4.69, 9.17) is 21.1 Å². The third-order valence-corrected chi connectivity index (χ3v) is 10.3. The summed E-state index contributed by atoms with van der Waals surface area (Å²) in [5, 5.41) is 4.80. The molecule has 2 aliphatic rings. The van der Waals surface area contributed by atoms with Gasteiger partial charge in [-0.15, -0.1) is 23.1 Å². The molecule has 236 valence electrons. The topological polar surface area (TPSA) is 94.0 Å². The van der Waals surface area contributed by atoms with Gasteiger partial charge < -0.3 is 9.47 Å². The highest BCUT2D eigenvalue weighted by Gasteiger charge is 2.55. The number of carbonyl (C=O) groups is 3. The molecule has 4 heterocycles. The predicted molar refractivity (Wildman–Crippen MR) is 159 cm³/mol. The number of piperidine rings is 1. The van der Waals surface area contributed by atoms with Gasteiger partial charge in [0.05, 0.1) is 42.5 Å². The number of carbonyl (C=O) groups excluding carboxylic acids is 3. The van der Waals surface area contributed by atoms with Crippen molar-refractivity contribution in [3.8, 4) is 5.75 Å². The number of alkyl halides is 3. The first kappa shape index (κ1) is 32.5. The summed E-state index contributed by atoms with van der Waals surface area (Å²) >= 11 is 8.68. The van der Waals surface area contributed by atoms with Crippen molar-refractivity contribution in [2.45, 2.75) is 36.2 Å². The minimum Gasteiger partial charge on any atom is -0.496 e. The Kier molecular flexibility index (Phi) is 10.0. The fourth-order valence-corrected chi connectivity index (χ4v) is 7.73. The number of methoxy groups -OCH3 is 1. The van der Waals surface area contributed by atoms with Gasteiger partial charge in [-0.1, -0.05) is 23.7 Å². The molecule has 2 amide bonds. The Balaban J connectivity index is 1.50. The Morgan fingerprint density at radius 3 is 2.55 bits per heavy atom. The monoisotopic (exact) mass is 670 g/mol. The molecule has 2 saturated heterocycles. The summed E-state index contributed by atoms with van der Waals surface area (Å²) in [6, 6.07) is 10.1. The Morgan fingerprint density at radius 2 is 1.89 bits per heavy atom. The Bertz CT molecular complexity index is 1540. The van der Waals surface area contributed by atoms with Crippen molar-refractivity contribution in [2.24, 2.45) is 5.92 Å². The highest BCUT2D eigenvalue weighted by molar-refractivity contribution is 7.98. The zero-order chi connectivity index (χ0) is 31.6. The maximum atomic E-state index is 14.6. The van der Waals surface area contributed by atoms with Gasteiger partial charge >= 0.3 is 6.18 Å². The molecule has 0 N–H and O–H groups in total. The smallest absolute Gasteiger partial charge is 0.401 e. The van der Waals surface area contributed by atoms with E-state index < -0.39 is 35.7 Å². The molecule has 0 aliphatic carbocycles. The minimum atomic E-state index is -4.95. The number of rotatable bonds is 8. The first-order valence-corrected chi connectivity index (χ1v) is 16.0. The molecule has 0 bridgehead atoms.